The molecule has 4 bridgehead atoms. The Hall–Kier alpha value is -0.980. The number of ketones is 1. The Morgan fingerprint density at radius 3 is 2.71 bits per heavy atom. The SMILES string of the molecule is CC(=O)OC[C@H]1C(=O)[C@]23[C@H](O)[C@H]1CC[C@H]2[C@]12CCCC(C)(C)[C@H]1C[C@]3(O)OC2. The minimum atomic E-state index is -1.63. The molecule has 6 rings (SSSR count). The summed E-state index contributed by atoms with van der Waals surface area (Å²) >= 11 is 0. The molecule has 0 aromatic heterocycles. The lowest BCUT2D eigenvalue weighted by Gasteiger charge is -2.72. The van der Waals surface area contributed by atoms with Crippen molar-refractivity contribution in [3.63, 3.8) is 0 Å². The van der Waals surface area contributed by atoms with Crippen LogP contribution in [0.15, 0.2) is 0 Å². The average Bonchev–Trinajstić information content (AvgIpc) is 2.74. The normalized spacial score (nSPS) is 53.5. The number of aliphatic hydroxyl groups excluding tert-OH is 1. The molecule has 0 amide bonds. The Morgan fingerprint density at radius 1 is 1.25 bits per heavy atom. The van der Waals surface area contributed by atoms with Gasteiger partial charge in [-0.25, -0.2) is 0 Å². The number of aliphatic hydroxyl groups is 2. The van der Waals surface area contributed by atoms with Crippen LogP contribution in [0, 0.1) is 39.9 Å². The highest BCUT2D eigenvalue weighted by Crippen LogP contribution is 2.76. The Kier molecular flexibility index (Phi) is 3.79. The number of hydrogen-bond acceptors (Lipinski definition) is 6. The minimum Gasteiger partial charge on any atom is -0.465 e. The van der Waals surface area contributed by atoms with Crippen molar-refractivity contribution in [2.24, 2.45) is 39.9 Å². The molecule has 6 fully saturated rings. The lowest BCUT2D eigenvalue weighted by Crippen LogP contribution is -2.78. The molecule has 0 radical (unpaired) electrons. The van der Waals surface area contributed by atoms with Crippen molar-refractivity contribution in [3.8, 4) is 0 Å². The highest BCUT2D eigenvalue weighted by atomic mass is 16.6. The van der Waals surface area contributed by atoms with E-state index in [0.717, 1.165) is 32.1 Å². The first-order chi connectivity index (χ1) is 13.1. The number of Topliss-reactive ketones (excluding diaryl/α,β-unsaturated/α-hetero) is 1. The maximum absolute atomic E-state index is 13.8. The average molecular weight is 392 g/mol. The fourth-order valence-corrected chi connectivity index (χ4v) is 8.42. The van der Waals surface area contributed by atoms with Crippen LogP contribution in [0.4, 0.5) is 0 Å². The molecule has 2 spiro atoms. The standard InChI is InChI=1S/C22H32O6/c1-12(23)27-10-14-13-5-6-15-20-8-4-7-19(2,3)16(20)9-21(26,28-11-20)22(15,17(13)24)18(14)25/h13-17,24,26H,4-11H2,1-3H3/t13-,14+,15-,16+,17+,20+,21-,22+/m0/s1. The zero-order valence-electron chi connectivity index (χ0n) is 17.1. The first-order valence-corrected chi connectivity index (χ1v) is 10.8. The molecule has 2 saturated heterocycles. The molecule has 156 valence electrons. The van der Waals surface area contributed by atoms with E-state index in [9.17, 15) is 19.8 Å². The monoisotopic (exact) mass is 392 g/mol. The van der Waals surface area contributed by atoms with Gasteiger partial charge in [-0.2, -0.15) is 0 Å². The number of esters is 1. The second-order valence-corrected chi connectivity index (χ2v) is 10.8. The predicted octanol–water partition coefficient (Wildman–Crippen LogP) is 2.06. The first kappa shape index (κ1) is 19.0. The summed E-state index contributed by atoms with van der Waals surface area (Å²) in [6.07, 6.45) is 4.21. The second kappa shape index (κ2) is 5.58. The predicted molar refractivity (Wildman–Crippen MR) is 98.9 cm³/mol. The molecule has 6 heteroatoms. The van der Waals surface area contributed by atoms with E-state index in [-0.39, 0.29) is 41.0 Å². The van der Waals surface area contributed by atoms with Gasteiger partial charge in [-0.1, -0.05) is 20.3 Å². The molecular weight excluding hydrogens is 360 g/mol. The minimum absolute atomic E-state index is 0.0115. The van der Waals surface area contributed by atoms with Crippen LogP contribution in [-0.2, 0) is 19.1 Å². The van der Waals surface area contributed by atoms with Gasteiger partial charge in [0.15, 0.2) is 11.6 Å². The van der Waals surface area contributed by atoms with Crippen LogP contribution >= 0.6 is 0 Å². The fourth-order valence-electron chi connectivity index (χ4n) is 8.42. The summed E-state index contributed by atoms with van der Waals surface area (Å²) in [5.41, 5.74) is -1.36. The quantitative estimate of drug-likeness (QED) is 0.699. The van der Waals surface area contributed by atoms with Crippen molar-refractivity contribution in [3.05, 3.63) is 0 Å². The Balaban J connectivity index is 1.62. The molecule has 2 heterocycles. The molecule has 6 aliphatic rings. The van der Waals surface area contributed by atoms with Crippen molar-refractivity contribution in [2.45, 2.75) is 71.2 Å². The summed E-state index contributed by atoms with van der Waals surface area (Å²) in [4.78, 5) is 25.1. The van der Waals surface area contributed by atoms with E-state index in [4.69, 9.17) is 9.47 Å². The van der Waals surface area contributed by atoms with Crippen molar-refractivity contribution in [1.29, 1.82) is 0 Å². The smallest absolute Gasteiger partial charge is 0.302 e. The van der Waals surface area contributed by atoms with Crippen LogP contribution in [0.25, 0.3) is 0 Å². The van der Waals surface area contributed by atoms with Gasteiger partial charge >= 0.3 is 5.97 Å². The van der Waals surface area contributed by atoms with Crippen LogP contribution in [-0.4, -0.2) is 47.1 Å². The Morgan fingerprint density at radius 2 is 2.00 bits per heavy atom. The van der Waals surface area contributed by atoms with Gasteiger partial charge in [0, 0.05) is 18.8 Å². The Labute approximate surface area is 166 Å². The van der Waals surface area contributed by atoms with E-state index in [2.05, 4.69) is 13.8 Å². The number of ether oxygens (including phenoxy) is 2. The van der Waals surface area contributed by atoms with Crippen molar-refractivity contribution < 1.29 is 29.3 Å². The largest absolute Gasteiger partial charge is 0.465 e. The van der Waals surface area contributed by atoms with Gasteiger partial charge in [-0.05, 0) is 48.9 Å². The summed E-state index contributed by atoms with van der Waals surface area (Å²) in [6.45, 7) is 6.34. The van der Waals surface area contributed by atoms with Crippen LogP contribution in [0.5, 0.6) is 0 Å². The topological polar surface area (TPSA) is 93.1 Å². The van der Waals surface area contributed by atoms with E-state index in [1.165, 1.54) is 6.92 Å². The van der Waals surface area contributed by atoms with Crippen LogP contribution in [0.2, 0.25) is 0 Å². The number of rotatable bonds is 2. The zero-order valence-corrected chi connectivity index (χ0v) is 17.1. The third-order valence-corrected chi connectivity index (χ3v) is 9.44. The molecular formula is C22H32O6. The molecule has 4 aliphatic carbocycles. The van der Waals surface area contributed by atoms with E-state index in [1.54, 1.807) is 0 Å². The summed E-state index contributed by atoms with van der Waals surface area (Å²) in [7, 11) is 0. The van der Waals surface area contributed by atoms with Crippen LogP contribution in [0.1, 0.15) is 59.3 Å². The number of fused-ring (bicyclic) bond motifs is 2. The summed E-state index contributed by atoms with van der Waals surface area (Å²) in [6, 6.07) is 0. The molecule has 4 saturated carbocycles. The van der Waals surface area contributed by atoms with Crippen molar-refractivity contribution in [1.82, 2.24) is 0 Å². The van der Waals surface area contributed by atoms with Gasteiger partial charge < -0.3 is 19.7 Å². The van der Waals surface area contributed by atoms with Gasteiger partial charge in [0.25, 0.3) is 0 Å². The Bertz CT molecular complexity index is 733. The first-order valence-electron chi connectivity index (χ1n) is 10.8. The summed E-state index contributed by atoms with van der Waals surface area (Å²) in [5.74, 6) is -2.81. The highest BCUT2D eigenvalue weighted by Gasteiger charge is 2.83. The fraction of sp³-hybridized carbons (Fsp3) is 0.909. The van der Waals surface area contributed by atoms with E-state index >= 15 is 0 Å². The lowest BCUT2D eigenvalue weighted by molar-refractivity contribution is -0.414. The van der Waals surface area contributed by atoms with Gasteiger partial charge in [0.2, 0.25) is 0 Å². The highest BCUT2D eigenvalue weighted by molar-refractivity contribution is 5.93. The van der Waals surface area contributed by atoms with Gasteiger partial charge in [-0.15, -0.1) is 0 Å². The molecule has 8 atom stereocenters. The van der Waals surface area contributed by atoms with E-state index < -0.39 is 29.2 Å². The maximum Gasteiger partial charge on any atom is 0.302 e. The third kappa shape index (κ3) is 1.95. The van der Waals surface area contributed by atoms with E-state index in [0.29, 0.717) is 13.0 Å². The summed E-state index contributed by atoms with van der Waals surface area (Å²) in [5, 5.41) is 23.2. The van der Waals surface area contributed by atoms with Crippen molar-refractivity contribution >= 4 is 11.8 Å². The number of hydrogen-bond donors (Lipinski definition) is 2. The molecule has 0 unspecified atom stereocenters. The number of carbonyl (C=O) groups is 2. The van der Waals surface area contributed by atoms with Gasteiger partial charge in [0.05, 0.1) is 18.6 Å². The number of carbonyl (C=O) groups excluding carboxylic acids is 2. The molecule has 6 nitrogen and oxygen atoms in total. The van der Waals surface area contributed by atoms with Crippen molar-refractivity contribution in [2.75, 3.05) is 13.2 Å². The zero-order chi connectivity index (χ0) is 20.1. The lowest BCUT2D eigenvalue weighted by atomic mass is 9.37. The molecule has 2 aliphatic heterocycles. The molecule has 0 aromatic rings. The van der Waals surface area contributed by atoms with E-state index in [1.807, 2.05) is 0 Å². The van der Waals surface area contributed by atoms with Crippen LogP contribution in [0.3, 0.4) is 0 Å². The molecule has 2 N–H and O–H groups in total. The molecule has 0 aromatic carbocycles. The van der Waals surface area contributed by atoms with Gasteiger partial charge in [0.1, 0.15) is 12.0 Å². The third-order valence-electron chi connectivity index (χ3n) is 9.44. The molecule has 28 heavy (non-hydrogen) atoms. The van der Waals surface area contributed by atoms with Crippen LogP contribution < -0.4 is 0 Å². The summed E-state index contributed by atoms with van der Waals surface area (Å²) < 4.78 is 11.3. The van der Waals surface area contributed by atoms with Gasteiger partial charge in [-0.3, -0.25) is 9.59 Å². The maximum atomic E-state index is 13.8. The second-order valence-electron chi connectivity index (χ2n) is 10.8.